The Morgan fingerprint density at radius 1 is 1.32 bits per heavy atom. The minimum atomic E-state index is 0.205. The molecule has 0 spiro atoms. The summed E-state index contributed by atoms with van der Waals surface area (Å²) in [6, 6.07) is 8.00. The van der Waals surface area contributed by atoms with Crippen LogP contribution >= 0.6 is 0 Å². The number of likely N-dealkylation sites (tertiary alicyclic amines) is 1. The highest BCUT2D eigenvalue weighted by Gasteiger charge is 2.20. The van der Waals surface area contributed by atoms with Gasteiger partial charge in [-0.1, -0.05) is 6.42 Å². The fraction of sp³-hybridized carbons (Fsp3) is 0.562. The number of hydrogen-bond acceptors (Lipinski definition) is 3. The van der Waals surface area contributed by atoms with E-state index in [0.717, 1.165) is 17.9 Å². The lowest BCUT2D eigenvalue weighted by atomic mass is 10.0. The second-order valence-electron chi connectivity index (χ2n) is 5.20. The molecule has 0 amide bonds. The zero-order valence-electron chi connectivity index (χ0n) is 11.9. The zero-order chi connectivity index (χ0) is 13.7. The van der Waals surface area contributed by atoms with Crippen molar-refractivity contribution in [1.82, 2.24) is 4.90 Å². The van der Waals surface area contributed by atoms with Gasteiger partial charge in [-0.05, 0) is 57.5 Å². The molecule has 19 heavy (non-hydrogen) atoms. The molecule has 0 N–H and O–H groups in total. The van der Waals surface area contributed by atoms with Crippen molar-refractivity contribution < 1.29 is 9.53 Å². The molecule has 0 aromatic heterocycles. The van der Waals surface area contributed by atoms with Crippen LogP contribution in [0, 0.1) is 0 Å². The summed E-state index contributed by atoms with van der Waals surface area (Å²) in [6.45, 7) is 6.40. The molecule has 3 heteroatoms. The Kier molecular flexibility index (Phi) is 4.97. The van der Waals surface area contributed by atoms with Crippen LogP contribution in [-0.2, 0) is 0 Å². The molecule has 0 bridgehead atoms. The Hall–Kier alpha value is -1.35. The Morgan fingerprint density at radius 2 is 2.05 bits per heavy atom. The highest BCUT2D eigenvalue weighted by molar-refractivity contribution is 5.97. The average Bonchev–Trinajstić information content (AvgIpc) is 2.42. The molecule has 0 saturated carbocycles. The first-order valence-electron chi connectivity index (χ1n) is 7.21. The summed E-state index contributed by atoms with van der Waals surface area (Å²) in [7, 11) is 0. The van der Waals surface area contributed by atoms with Crippen molar-refractivity contribution in [3.8, 4) is 5.75 Å². The lowest BCUT2D eigenvalue weighted by molar-refractivity contribution is 0.0860. The molecule has 1 aliphatic rings. The lowest BCUT2D eigenvalue weighted by Gasteiger charge is -2.32. The normalized spacial score (nSPS) is 20.2. The van der Waals surface area contributed by atoms with Crippen LogP contribution in [0.4, 0.5) is 0 Å². The van der Waals surface area contributed by atoms with Crippen LogP contribution in [0.3, 0.4) is 0 Å². The van der Waals surface area contributed by atoms with Crippen molar-refractivity contribution in [2.24, 2.45) is 0 Å². The second-order valence-corrected chi connectivity index (χ2v) is 5.20. The van der Waals surface area contributed by atoms with Gasteiger partial charge in [0.25, 0.3) is 0 Å². The van der Waals surface area contributed by atoms with E-state index in [4.69, 9.17) is 4.74 Å². The topological polar surface area (TPSA) is 29.5 Å². The van der Waals surface area contributed by atoms with Gasteiger partial charge in [0, 0.05) is 11.6 Å². The highest BCUT2D eigenvalue weighted by Crippen LogP contribution is 2.18. The van der Waals surface area contributed by atoms with Crippen molar-refractivity contribution in [3.63, 3.8) is 0 Å². The maximum Gasteiger partial charge on any atom is 0.176 e. The standard InChI is InChI=1S/C16H23NO2/c1-3-19-15-9-7-14(8-10-15)16(18)12-17-11-5-4-6-13(17)2/h7-10,13H,3-6,11-12H2,1-2H3. The number of piperidine rings is 1. The second kappa shape index (κ2) is 6.71. The summed E-state index contributed by atoms with van der Waals surface area (Å²) in [4.78, 5) is 14.5. The number of ketones is 1. The van der Waals surface area contributed by atoms with Gasteiger partial charge in [-0.2, -0.15) is 0 Å². The molecule has 0 aliphatic carbocycles. The Bertz CT molecular complexity index is 413. The molecule has 1 aliphatic heterocycles. The number of rotatable bonds is 5. The minimum Gasteiger partial charge on any atom is -0.494 e. The summed E-state index contributed by atoms with van der Waals surface area (Å²) in [5.41, 5.74) is 0.779. The summed E-state index contributed by atoms with van der Waals surface area (Å²) in [5, 5.41) is 0. The van der Waals surface area contributed by atoms with E-state index in [9.17, 15) is 4.79 Å². The molecule has 1 fully saturated rings. The van der Waals surface area contributed by atoms with Crippen LogP contribution < -0.4 is 4.74 Å². The van der Waals surface area contributed by atoms with E-state index < -0.39 is 0 Å². The number of carbonyl (C=O) groups excluding carboxylic acids is 1. The summed E-state index contributed by atoms with van der Waals surface area (Å²) < 4.78 is 5.39. The average molecular weight is 261 g/mol. The van der Waals surface area contributed by atoms with Crippen molar-refractivity contribution in [2.75, 3.05) is 19.7 Å². The Labute approximate surface area is 115 Å². The molecule has 1 saturated heterocycles. The van der Waals surface area contributed by atoms with E-state index >= 15 is 0 Å². The van der Waals surface area contributed by atoms with Gasteiger partial charge >= 0.3 is 0 Å². The number of benzene rings is 1. The van der Waals surface area contributed by atoms with E-state index in [1.165, 1.54) is 19.3 Å². The fourth-order valence-corrected chi connectivity index (χ4v) is 2.57. The maximum absolute atomic E-state index is 12.2. The molecule has 3 nitrogen and oxygen atoms in total. The molecule has 1 aromatic rings. The first-order valence-corrected chi connectivity index (χ1v) is 7.21. The zero-order valence-corrected chi connectivity index (χ0v) is 11.9. The maximum atomic E-state index is 12.2. The van der Waals surface area contributed by atoms with Crippen LogP contribution in [0.1, 0.15) is 43.5 Å². The Balaban J connectivity index is 1.95. The van der Waals surface area contributed by atoms with Gasteiger partial charge in [0.2, 0.25) is 0 Å². The van der Waals surface area contributed by atoms with Crippen LogP contribution in [0.5, 0.6) is 5.75 Å². The first kappa shape index (κ1) is 14.1. The van der Waals surface area contributed by atoms with Crippen LogP contribution in [0.25, 0.3) is 0 Å². The van der Waals surface area contributed by atoms with Crippen LogP contribution in [0.2, 0.25) is 0 Å². The Morgan fingerprint density at radius 3 is 2.68 bits per heavy atom. The molecule has 1 aromatic carbocycles. The van der Waals surface area contributed by atoms with Crippen molar-refractivity contribution >= 4 is 5.78 Å². The molecule has 0 radical (unpaired) electrons. The SMILES string of the molecule is CCOc1ccc(C(=O)CN2CCCCC2C)cc1. The summed E-state index contributed by atoms with van der Waals surface area (Å²) >= 11 is 0. The smallest absolute Gasteiger partial charge is 0.176 e. The van der Waals surface area contributed by atoms with Gasteiger partial charge < -0.3 is 4.74 Å². The van der Waals surface area contributed by atoms with Gasteiger partial charge in [-0.15, -0.1) is 0 Å². The largest absolute Gasteiger partial charge is 0.494 e. The van der Waals surface area contributed by atoms with Crippen molar-refractivity contribution in [3.05, 3.63) is 29.8 Å². The first-order chi connectivity index (χ1) is 9.20. The van der Waals surface area contributed by atoms with Gasteiger partial charge in [0.1, 0.15) is 5.75 Å². The summed E-state index contributed by atoms with van der Waals surface area (Å²) in [6.07, 6.45) is 3.70. The number of hydrogen-bond donors (Lipinski definition) is 0. The van der Waals surface area contributed by atoms with Gasteiger partial charge in [-0.25, -0.2) is 0 Å². The lowest BCUT2D eigenvalue weighted by Crippen LogP contribution is -2.40. The monoisotopic (exact) mass is 261 g/mol. The van der Waals surface area contributed by atoms with Gasteiger partial charge in [0.15, 0.2) is 5.78 Å². The number of carbonyl (C=O) groups is 1. The predicted octanol–water partition coefficient (Wildman–Crippen LogP) is 3.14. The van der Waals surface area contributed by atoms with Gasteiger partial charge in [-0.3, -0.25) is 9.69 Å². The summed E-state index contributed by atoms with van der Waals surface area (Å²) in [5.74, 6) is 1.03. The molecule has 104 valence electrons. The fourth-order valence-electron chi connectivity index (χ4n) is 2.57. The third-order valence-electron chi connectivity index (χ3n) is 3.77. The predicted molar refractivity (Wildman–Crippen MR) is 76.8 cm³/mol. The van der Waals surface area contributed by atoms with Crippen molar-refractivity contribution in [1.29, 1.82) is 0 Å². The molecule has 1 heterocycles. The van der Waals surface area contributed by atoms with Crippen LogP contribution in [0.15, 0.2) is 24.3 Å². The molecular formula is C16H23NO2. The quantitative estimate of drug-likeness (QED) is 0.763. The van der Waals surface area contributed by atoms with Crippen LogP contribution in [-0.4, -0.2) is 36.4 Å². The molecule has 1 atom stereocenters. The molecule has 2 rings (SSSR count). The van der Waals surface area contributed by atoms with E-state index in [-0.39, 0.29) is 5.78 Å². The third kappa shape index (κ3) is 3.80. The van der Waals surface area contributed by atoms with E-state index in [0.29, 0.717) is 19.2 Å². The highest BCUT2D eigenvalue weighted by atomic mass is 16.5. The molecular weight excluding hydrogens is 238 g/mol. The minimum absolute atomic E-state index is 0.205. The van der Waals surface area contributed by atoms with Crippen molar-refractivity contribution in [2.45, 2.75) is 39.2 Å². The van der Waals surface area contributed by atoms with E-state index in [2.05, 4.69) is 11.8 Å². The van der Waals surface area contributed by atoms with Gasteiger partial charge in [0.05, 0.1) is 13.2 Å². The number of nitrogens with zero attached hydrogens (tertiary/aromatic N) is 1. The molecule has 1 unspecified atom stereocenters. The van der Waals surface area contributed by atoms with E-state index in [1.807, 2.05) is 31.2 Å². The number of ether oxygens (including phenoxy) is 1. The van der Waals surface area contributed by atoms with E-state index in [1.54, 1.807) is 0 Å². The number of Topliss-reactive ketones (excluding diaryl/α,β-unsaturated/α-hetero) is 1. The third-order valence-corrected chi connectivity index (χ3v) is 3.77.